The second-order valence-electron chi connectivity index (χ2n) is 5.41. The monoisotopic (exact) mass is 429 g/mol. The van der Waals surface area contributed by atoms with Gasteiger partial charge in [0.1, 0.15) is 11.9 Å². The molecule has 0 aliphatic rings. The van der Waals surface area contributed by atoms with Crippen molar-refractivity contribution in [2.45, 2.75) is 24.9 Å². The summed E-state index contributed by atoms with van der Waals surface area (Å²) in [6.07, 6.45) is -8.62. The summed E-state index contributed by atoms with van der Waals surface area (Å²) in [6, 6.07) is 3.39. The summed E-state index contributed by atoms with van der Waals surface area (Å²) in [5.41, 5.74) is 2.01. The van der Waals surface area contributed by atoms with Crippen molar-refractivity contribution in [3.63, 3.8) is 0 Å². The standard InChI is InChI=1S/C17H15ClF7N3/c18-11(9-26)3-4-12(19)7-14(8-15(27)17(23,24)25)28-13-5-1-10(2-6-13)16(20,21)22/h1-6,8-9,12,27-28H,7,26H2/b4-3-,11-9+,14-8-,27-15?. The highest BCUT2D eigenvalue weighted by molar-refractivity contribution is 6.31. The van der Waals surface area contributed by atoms with Crippen LogP contribution in [0.25, 0.3) is 0 Å². The second kappa shape index (κ2) is 9.63. The molecule has 0 fully saturated rings. The van der Waals surface area contributed by atoms with Gasteiger partial charge in [-0.2, -0.15) is 26.3 Å². The molecule has 0 heterocycles. The number of hydrogen-bond donors (Lipinski definition) is 3. The highest BCUT2D eigenvalue weighted by atomic mass is 35.5. The lowest BCUT2D eigenvalue weighted by Crippen LogP contribution is -2.21. The van der Waals surface area contributed by atoms with Gasteiger partial charge >= 0.3 is 12.4 Å². The fourth-order valence-corrected chi connectivity index (χ4v) is 1.93. The van der Waals surface area contributed by atoms with Crippen LogP contribution in [0.1, 0.15) is 12.0 Å². The molecule has 0 amide bonds. The predicted molar refractivity (Wildman–Crippen MR) is 93.7 cm³/mol. The highest BCUT2D eigenvalue weighted by Gasteiger charge is 2.33. The van der Waals surface area contributed by atoms with Gasteiger partial charge in [0.2, 0.25) is 0 Å². The smallest absolute Gasteiger partial charge is 0.403 e. The van der Waals surface area contributed by atoms with Crippen molar-refractivity contribution in [3.05, 3.63) is 65.0 Å². The van der Waals surface area contributed by atoms with E-state index in [4.69, 9.17) is 22.7 Å². The molecule has 1 aromatic carbocycles. The van der Waals surface area contributed by atoms with Crippen LogP contribution in [0, 0.1) is 5.41 Å². The van der Waals surface area contributed by atoms with Crippen LogP contribution < -0.4 is 11.1 Å². The van der Waals surface area contributed by atoms with Crippen LogP contribution in [-0.4, -0.2) is 18.1 Å². The Hall–Kier alpha value is -2.49. The Labute approximate surface area is 160 Å². The number of hydrogen-bond acceptors (Lipinski definition) is 3. The van der Waals surface area contributed by atoms with Crippen molar-refractivity contribution in [1.82, 2.24) is 0 Å². The van der Waals surface area contributed by atoms with Crippen LogP contribution in [0.2, 0.25) is 0 Å². The Morgan fingerprint density at radius 2 is 1.71 bits per heavy atom. The Kier molecular flexibility index (Phi) is 8.10. The normalized spacial score (nSPS) is 15.0. The maximum atomic E-state index is 14.0. The first-order valence-corrected chi connectivity index (χ1v) is 7.91. The maximum absolute atomic E-state index is 14.0. The second-order valence-corrected chi connectivity index (χ2v) is 5.85. The average Bonchev–Trinajstić information content (AvgIpc) is 2.58. The van der Waals surface area contributed by atoms with E-state index in [9.17, 15) is 30.7 Å². The van der Waals surface area contributed by atoms with Gasteiger partial charge in [-0.05, 0) is 42.5 Å². The average molecular weight is 430 g/mol. The van der Waals surface area contributed by atoms with Gasteiger partial charge in [-0.1, -0.05) is 11.6 Å². The minimum atomic E-state index is -4.97. The van der Waals surface area contributed by atoms with Crippen LogP contribution in [0.15, 0.2) is 59.4 Å². The largest absolute Gasteiger partial charge is 0.432 e. The summed E-state index contributed by atoms with van der Waals surface area (Å²) in [5, 5.41) is 9.41. The molecule has 28 heavy (non-hydrogen) atoms. The van der Waals surface area contributed by atoms with Gasteiger partial charge < -0.3 is 11.1 Å². The van der Waals surface area contributed by atoms with Crippen LogP contribution in [-0.2, 0) is 6.18 Å². The highest BCUT2D eigenvalue weighted by Crippen LogP contribution is 2.30. The zero-order valence-electron chi connectivity index (χ0n) is 14.0. The number of halogens is 8. The first-order chi connectivity index (χ1) is 12.8. The van der Waals surface area contributed by atoms with Gasteiger partial charge in [0.25, 0.3) is 0 Å². The summed E-state index contributed by atoms with van der Waals surface area (Å²) in [4.78, 5) is 0. The van der Waals surface area contributed by atoms with Crippen LogP contribution in [0.3, 0.4) is 0 Å². The molecule has 0 spiro atoms. The fraction of sp³-hybridized carbons (Fsp3) is 0.235. The van der Waals surface area contributed by atoms with E-state index in [1.807, 2.05) is 0 Å². The predicted octanol–water partition coefficient (Wildman–Crippen LogP) is 5.91. The minimum Gasteiger partial charge on any atom is -0.403 e. The molecular weight excluding hydrogens is 415 g/mol. The topological polar surface area (TPSA) is 61.9 Å². The SMILES string of the molecule is N=C(/C=C(/CC(F)/C=C\C(Cl)=C/N)Nc1ccc(C(F)(F)F)cc1)C(F)(F)F. The Bertz CT molecular complexity index is 762. The van der Waals surface area contributed by atoms with Gasteiger partial charge in [-0.3, -0.25) is 5.41 Å². The van der Waals surface area contributed by atoms with Crippen molar-refractivity contribution >= 4 is 23.0 Å². The van der Waals surface area contributed by atoms with Crippen molar-refractivity contribution in [2.24, 2.45) is 5.73 Å². The van der Waals surface area contributed by atoms with Gasteiger partial charge in [0.15, 0.2) is 0 Å². The summed E-state index contributed by atoms with van der Waals surface area (Å²) in [7, 11) is 0. The third-order valence-electron chi connectivity index (χ3n) is 3.18. The molecule has 1 aromatic rings. The number of alkyl halides is 7. The number of nitrogens with one attached hydrogen (secondary N) is 2. The van der Waals surface area contributed by atoms with Gasteiger partial charge in [0, 0.05) is 24.0 Å². The molecule has 0 saturated carbocycles. The molecule has 0 saturated heterocycles. The number of rotatable bonds is 7. The molecule has 0 radical (unpaired) electrons. The van der Waals surface area contributed by atoms with Gasteiger partial charge in [0.05, 0.1) is 10.6 Å². The van der Waals surface area contributed by atoms with Crippen LogP contribution in [0.4, 0.5) is 36.4 Å². The van der Waals surface area contributed by atoms with Crippen molar-refractivity contribution in [1.29, 1.82) is 5.41 Å². The van der Waals surface area contributed by atoms with Gasteiger partial charge in [-0.15, -0.1) is 0 Å². The van der Waals surface area contributed by atoms with E-state index in [-0.39, 0.29) is 16.4 Å². The van der Waals surface area contributed by atoms with E-state index < -0.39 is 36.2 Å². The Balaban J connectivity index is 3.06. The maximum Gasteiger partial charge on any atom is 0.432 e. The first-order valence-electron chi connectivity index (χ1n) is 7.53. The zero-order valence-corrected chi connectivity index (χ0v) is 14.8. The van der Waals surface area contributed by atoms with E-state index in [0.29, 0.717) is 18.2 Å². The zero-order chi connectivity index (χ0) is 21.5. The summed E-state index contributed by atoms with van der Waals surface area (Å²) >= 11 is 5.55. The lowest BCUT2D eigenvalue weighted by atomic mass is 10.1. The number of anilines is 1. The van der Waals surface area contributed by atoms with Crippen LogP contribution in [0.5, 0.6) is 0 Å². The van der Waals surface area contributed by atoms with Crippen LogP contribution >= 0.6 is 11.6 Å². The van der Waals surface area contributed by atoms with E-state index in [0.717, 1.165) is 30.5 Å². The third-order valence-corrected chi connectivity index (χ3v) is 3.43. The lowest BCUT2D eigenvalue weighted by molar-refractivity contribution is -0.137. The summed E-state index contributed by atoms with van der Waals surface area (Å²) in [5.74, 6) is 0. The lowest BCUT2D eigenvalue weighted by Gasteiger charge is -2.15. The summed E-state index contributed by atoms with van der Waals surface area (Å²) < 4.78 is 89.5. The van der Waals surface area contributed by atoms with Gasteiger partial charge in [-0.25, -0.2) is 4.39 Å². The van der Waals surface area contributed by atoms with E-state index in [1.54, 1.807) is 0 Å². The minimum absolute atomic E-state index is 0.00749. The molecule has 154 valence electrons. The number of nitrogens with two attached hydrogens (primary N) is 1. The summed E-state index contributed by atoms with van der Waals surface area (Å²) in [6.45, 7) is 0. The molecule has 1 unspecified atom stereocenters. The van der Waals surface area contributed by atoms with Crippen molar-refractivity contribution in [3.8, 4) is 0 Å². The van der Waals surface area contributed by atoms with E-state index in [1.165, 1.54) is 0 Å². The molecule has 0 bridgehead atoms. The molecular formula is C17H15ClF7N3. The molecule has 0 aromatic heterocycles. The first kappa shape index (κ1) is 23.5. The van der Waals surface area contributed by atoms with Crippen molar-refractivity contribution < 1.29 is 30.7 Å². The van der Waals surface area contributed by atoms with E-state index >= 15 is 0 Å². The number of benzene rings is 1. The molecule has 11 heteroatoms. The fourth-order valence-electron chi connectivity index (χ4n) is 1.86. The molecule has 0 aliphatic carbocycles. The Morgan fingerprint density at radius 1 is 1.14 bits per heavy atom. The molecule has 1 atom stereocenters. The Morgan fingerprint density at radius 3 is 2.18 bits per heavy atom. The molecule has 4 N–H and O–H groups in total. The third kappa shape index (κ3) is 8.03. The quantitative estimate of drug-likeness (QED) is 0.287. The number of allylic oxidation sites excluding steroid dienone is 5. The van der Waals surface area contributed by atoms with Crippen molar-refractivity contribution in [2.75, 3.05) is 5.32 Å². The molecule has 3 nitrogen and oxygen atoms in total. The molecule has 0 aliphatic heterocycles. The van der Waals surface area contributed by atoms with E-state index in [2.05, 4.69) is 5.32 Å². The molecule has 1 rings (SSSR count).